The van der Waals surface area contributed by atoms with Gasteiger partial charge < -0.3 is 5.32 Å². The summed E-state index contributed by atoms with van der Waals surface area (Å²) in [5.41, 5.74) is -0.424. The molecule has 0 aliphatic rings. The molecule has 7 nitrogen and oxygen atoms in total. The van der Waals surface area contributed by atoms with Crippen LogP contribution in [0.5, 0.6) is 0 Å². The number of carbonyl (C=O) groups is 1. The van der Waals surface area contributed by atoms with E-state index in [-0.39, 0.29) is 35.9 Å². The molecule has 0 bridgehead atoms. The van der Waals surface area contributed by atoms with Crippen molar-refractivity contribution in [2.45, 2.75) is 36.9 Å². The average molecular weight is 507 g/mol. The SMILES string of the molecule is C[C@H](NC(=O)CCCN(c1cccc(C(F)(F)F)c1)S(C)(=O)=O)c1ccc(S(C)(=O)=O)cc1. The lowest BCUT2D eigenvalue weighted by Crippen LogP contribution is -2.32. The smallest absolute Gasteiger partial charge is 0.350 e. The molecule has 1 atom stereocenters. The molecule has 1 N–H and O–H groups in total. The summed E-state index contributed by atoms with van der Waals surface area (Å²) in [6.07, 6.45) is -2.62. The van der Waals surface area contributed by atoms with Crippen LogP contribution >= 0.6 is 0 Å². The Kier molecular flexibility index (Phi) is 8.18. The normalized spacial score (nSPS) is 13.4. The zero-order chi connectivity index (χ0) is 25.0. The second kappa shape index (κ2) is 10.1. The molecule has 0 saturated heterocycles. The third kappa shape index (κ3) is 7.74. The molecular formula is C21H25F3N2O5S2. The Hall–Kier alpha value is -2.60. The van der Waals surface area contributed by atoms with Gasteiger partial charge in [0.2, 0.25) is 15.9 Å². The molecule has 33 heavy (non-hydrogen) atoms. The van der Waals surface area contributed by atoms with E-state index in [0.717, 1.165) is 35.0 Å². The van der Waals surface area contributed by atoms with E-state index < -0.39 is 37.6 Å². The minimum atomic E-state index is -4.62. The van der Waals surface area contributed by atoms with Crippen LogP contribution in [0.1, 0.15) is 36.9 Å². The van der Waals surface area contributed by atoms with E-state index in [9.17, 15) is 34.8 Å². The third-order valence-corrected chi connectivity index (χ3v) is 7.14. The first kappa shape index (κ1) is 26.7. The maximum Gasteiger partial charge on any atom is 0.416 e. The van der Waals surface area contributed by atoms with Gasteiger partial charge in [0.15, 0.2) is 9.84 Å². The summed E-state index contributed by atoms with van der Waals surface area (Å²) in [6.45, 7) is 1.53. The Balaban J connectivity index is 2.01. The second-order valence-corrected chi connectivity index (χ2v) is 11.5. The number of benzene rings is 2. The number of sulfonamides is 1. The molecule has 182 valence electrons. The van der Waals surface area contributed by atoms with Gasteiger partial charge in [0, 0.05) is 19.2 Å². The van der Waals surface area contributed by atoms with Gasteiger partial charge in [0.25, 0.3) is 0 Å². The summed E-state index contributed by atoms with van der Waals surface area (Å²) in [6, 6.07) is 9.60. The van der Waals surface area contributed by atoms with Crippen LogP contribution in [0.25, 0.3) is 0 Å². The predicted octanol–water partition coefficient (Wildman–Crippen LogP) is 3.53. The van der Waals surface area contributed by atoms with Crippen LogP contribution in [0.3, 0.4) is 0 Å². The number of anilines is 1. The van der Waals surface area contributed by atoms with Crippen LogP contribution < -0.4 is 9.62 Å². The summed E-state index contributed by atoms with van der Waals surface area (Å²) in [5, 5.41) is 2.73. The van der Waals surface area contributed by atoms with Crippen molar-refractivity contribution in [1.29, 1.82) is 0 Å². The number of hydrogen-bond donors (Lipinski definition) is 1. The maximum atomic E-state index is 13.0. The summed E-state index contributed by atoms with van der Waals surface area (Å²) in [7, 11) is -7.21. The van der Waals surface area contributed by atoms with E-state index in [1.54, 1.807) is 19.1 Å². The van der Waals surface area contributed by atoms with Crippen LogP contribution in [0.15, 0.2) is 53.4 Å². The number of hydrogen-bond acceptors (Lipinski definition) is 5. The maximum absolute atomic E-state index is 13.0. The Bertz CT molecular complexity index is 1200. The van der Waals surface area contributed by atoms with Gasteiger partial charge in [-0.05, 0) is 49.2 Å². The van der Waals surface area contributed by atoms with Gasteiger partial charge in [-0.2, -0.15) is 13.2 Å². The molecule has 0 saturated carbocycles. The molecule has 0 heterocycles. The van der Waals surface area contributed by atoms with Crippen LogP contribution in [0, 0.1) is 0 Å². The fourth-order valence-corrected chi connectivity index (χ4v) is 4.70. The number of alkyl halides is 3. The van der Waals surface area contributed by atoms with E-state index in [4.69, 9.17) is 0 Å². The van der Waals surface area contributed by atoms with Crippen molar-refractivity contribution in [1.82, 2.24) is 5.32 Å². The molecule has 12 heteroatoms. The highest BCUT2D eigenvalue weighted by Crippen LogP contribution is 2.32. The number of amides is 1. The van der Waals surface area contributed by atoms with Crippen molar-refractivity contribution < 1.29 is 34.8 Å². The van der Waals surface area contributed by atoms with Crippen molar-refractivity contribution in [2.75, 3.05) is 23.4 Å². The van der Waals surface area contributed by atoms with E-state index >= 15 is 0 Å². The number of nitrogens with one attached hydrogen (secondary N) is 1. The minimum absolute atomic E-state index is 0.0588. The molecule has 2 aromatic rings. The molecule has 2 aromatic carbocycles. The number of carbonyl (C=O) groups excluding carboxylic acids is 1. The fourth-order valence-electron chi connectivity index (χ4n) is 3.11. The van der Waals surface area contributed by atoms with Crippen molar-refractivity contribution >= 4 is 31.5 Å². The monoisotopic (exact) mass is 506 g/mol. The molecule has 0 fully saturated rings. The zero-order valence-corrected chi connectivity index (χ0v) is 19.9. The first-order valence-corrected chi connectivity index (χ1v) is 13.6. The standard InChI is InChI=1S/C21H25F3N2O5S2/c1-15(16-9-11-19(12-10-16)32(2,28)29)25-20(27)8-5-13-26(33(3,30)31)18-7-4-6-17(14-18)21(22,23)24/h4,6-7,9-12,14-15H,5,8,13H2,1-3H3,(H,25,27)/t15-/m0/s1. The fraction of sp³-hybridized carbons (Fsp3) is 0.381. The molecule has 0 spiro atoms. The van der Waals surface area contributed by atoms with Gasteiger partial charge in [0.1, 0.15) is 0 Å². The zero-order valence-electron chi connectivity index (χ0n) is 18.3. The number of nitrogens with zero attached hydrogens (tertiary/aromatic N) is 1. The van der Waals surface area contributed by atoms with Crippen LogP contribution in [-0.4, -0.2) is 41.8 Å². The Morgan fingerprint density at radius 2 is 1.64 bits per heavy atom. The van der Waals surface area contributed by atoms with Crippen LogP contribution in [-0.2, 0) is 30.8 Å². The number of rotatable bonds is 9. The molecule has 0 aliphatic heterocycles. The molecule has 0 aliphatic carbocycles. The third-order valence-electron chi connectivity index (χ3n) is 4.81. The van der Waals surface area contributed by atoms with Gasteiger partial charge in [0.05, 0.1) is 28.4 Å². The van der Waals surface area contributed by atoms with Gasteiger partial charge in [-0.1, -0.05) is 18.2 Å². The molecule has 0 unspecified atom stereocenters. The molecule has 0 radical (unpaired) electrons. The van der Waals surface area contributed by atoms with Crippen molar-refractivity contribution in [3.8, 4) is 0 Å². The van der Waals surface area contributed by atoms with Crippen molar-refractivity contribution in [3.05, 3.63) is 59.7 Å². The highest BCUT2D eigenvalue weighted by Gasteiger charge is 2.31. The van der Waals surface area contributed by atoms with Gasteiger partial charge >= 0.3 is 6.18 Å². The van der Waals surface area contributed by atoms with E-state index in [1.165, 1.54) is 18.2 Å². The summed E-state index contributed by atoms with van der Waals surface area (Å²) in [4.78, 5) is 12.4. The lowest BCUT2D eigenvalue weighted by molar-refractivity contribution is -0.137. The second-order valence-electron chi connectivity index (χ2n) is 7.62. The molecule has 1 amide bonds. The van der Waals surface area contributed by atoms with Gasteiger partial charge in [-0.15, -0.1) is 0 Å². The summed E-state index contributed by atoms with van der Waals surface area (Å²) in [5.74, 6) is -0.382. The van der Waals surface area contributed by atoms with E-state index in [2.05, 4.69) is 5.32 Å². The number of sulfone groups is 1. The molecule has 0 aromatic heterocycles. The van der Waals surface area contributed by atoms with E-state index in [1.807, 2.05) is 0 Å². The highest BCUT2D eigenvalue weighted by atomic mass is 32.2. The van der Waals surface area contributed by atoms with Crippen LogP contribution in [0.4, 0.5) is 18.9 Å². The predicted molar refractivity (Wildman–Crippen MR) is 119 cm³/mol. The largest absolute Gasteiger partial charge is 0.416 e. The van der Waals surface area contributed by atoms with E-state index in [0.29, 0.717) is 5.56 Å². The topological polar surface area (TPSA) is 101 Å². The summed E-state index contributed by atoms with van der Waals surface area (Å²) >= 11 is 0. The lowest BCUT2D eigenvalue weighted by atomic mass is 10.1. The minimum Gasteiger partial charge on any atom is -0.350 e. The summed E-state index contributed by atoms with van der Waals surface area (Å²) < 4.78 is 87.1. The van der Waals surface area contributed by atoms with Crippen molar-refractivity contribution in [3.63, 3.8) is 0 Å². The van der Waals surface area contributed by atoms with Crippen molar-refractivity contribution in [2.24, 2.45) is 0 Å². The first-order chi connectivity index (χ1) is 15.1. The number of halogens is 3. The Morgan fingerprint density at radius 1 is 1.03 bits per heavy atom. The van der Waals surface area contributed by atoms with Crippen LogP contribution in [0.2, 0.25) is 0 Å². The average Bonchev–Trinajstić information content (AvgIpc) is 2.69. The molecule has 2 rings (SSSR count). The quantitative estimate of drug-likeness (QED) is 0.561. The molecular weight excluding hydrogens is 481 g/mol. The first-order valence-electron chi connectivity index (χ1n) is 9.83. The highest BCUT2D eigenvalue weighted by molar-refractivity contribution is 7.92. The Morgan fingerprint density at radius 3 is 2.15 bits per heavy atom. The lowest BCUT2D eigenvalue weighted by Gasteiger charge is -2.23. The van der Waals surface area contributed by atoms with Gasteiger partial charge in [-0.25, -0.2) is 16.8 Å². The van der Waals surface area contributed by atoms with Gasteiger partial charge in [-0.3, -0.25) is 9.10 Å². The Labute approximate surface area is 191 Å².